The summed E-state index contributed by atoms with van der Waals surface area (Å²) in [5.74, 6) is 0. The molecule has 0 saturated heterocycles. The van der Waals surface area contributed by atoms with Crippen molar-refractivity contribution in [1.82, 2.24) is 4.98 Å². The fourth-order valence-corrected chi connectivity index (χ4v) is 1.21. The molecule has 2 nitrogen and oxygen atoms in total. The summed E-state index contributed by atoms with van der Waals surface area (Å²) < 4.78 is 0. The van der Waals surface area contributed by atoms with E-state index in [9.17, 15) is 0 Å². The summed E-state index contributed by atoms with van der Waals surface area (Å²) in [7, 11) is 0. The molecule has 1 rings (SSSR count). The van der Waals surface area contributed by atoms with Crippen molar-refractivity contribution in [3.8, 4) is 0 Å². The molecule has 1 aromatic heterocycles. The Morgan fingerprint density at radius 1 is 1.69 bits per heavy atom. The molecule has 0 saturated carbocycles. The molecule has 1 aromatic rings. The predicted molar refractivity (Wildman–Crippen MR) is 55.6 cm³/mol. The van der Waals surface area contributed by atoms with Crippen molar-refractivity contribution in [2.75, 3.05) is 0 Å². The minimum absolute atomic E-state index is 0.0257. The minimum Gasteiger partial charge on any atom is -0.324 e. The van der Waals surface area contributed by atoms with Crippen LogP contribution in [-0.2, 0) is 0 Å². The summed E-state index contributed by atoms with van der Waals surface area (Å²) in [4.78, 5) is 3.96. The summed E-state index contributed by atoms with van der Waals surface area (Å²) >= 11 is 5.65. The van der Waals surface area contributed by atoms with Crippen LogP contribution >= 0.6 is 11.6 Å². The molecule has 0 amide bonds. The minimum atomic E-state index is -0.0257. The molecule has 70 valence electrons. The van der Waals surface area contributed by atoms with Gasteiger partial charge in [0.25, 0.3) is 0 Å². The SMILES string of the molecule is C=C(C)C[C@@H](N)c1ccc(Cl)nc1. The second-order valence-corrected chi connectivity index (χ2v) is 3.57. The van der Waals surface area contributed by atoms with Crippen molar-refractivity contribution in [1.29, 1.82) is 0 Å². The smallest absolute Gasteiger partial charge is 0.129 e. The van der Waals surface area contributed by atoms with Gasteiger partial charge >= 0.3 is 0 Å². The Morgan fingerprint density at radius 2 is 2.38 bits per heavy atom. The van der Waals surface area contributed by atoms with Crippen LogP contribution < -0.4 is 5.73 Å². The van der Waals surface area contributed by atoms with E-state index in [1.165, 1.54) is 0 Å². The number of nitrogens with zero attached hydrogens (tertiary/aromatic N) is 1. The molecule has 0 radical (unpaired) electrons. The van der Waals surface area contributed by atoms with Gasteiger partial charge in [0.15, 0.2) is 0 Å². The molecule has 0 bridgehead atoms. The van der Waals surface area contributed by atoms with Gasteiger partial charge in [-0.25, -0.2) is 4.98 Å². The molecule has 3 heteroatoms. The van der Waals surface area contributed by atoms with Crippen LogP contribution in [0.3, 0.4) is 0 Å². The zero-order valence-corrected chi connectivity index (χ0v) is 8.38. The average molecular weight is 197 g/mol. The van der Waals surface area contributed by atoms with E-state index < -0.39 is 0 Å². The average Bonchev–Trinajstić information content (AvgIpc) is 2.04. The third-order valence-electron chi connectivity index (χ3n) is 1.75. The largest absolute Gasteiger partial charge is 0.324 e. The Hall–Kier alpha value is -0.860. The summed E-state index contributed by atoms with van der Waals surface area (Å²) in [6, 6.07) is 3.61. The highest BCUT2D eigenvalue weighted by Gasteiger charge is 2.05. The molecule has 1 heterocycles. The van der Waals surface area contributed by atoms with Gasteiger partial charge in [0.2, 0.25) is 0 Å². The van der Waals surface area contributed by atoms with Crippen molar-refractivity contribution in [2.45, 2.75) is 19.4 Å². The first kappa shape index (κ1) is 10.2. The molecule has 0 spiro atoms. The third-order valence-corrected chi connectivity index (χ3v) is 1.97. The zero-order chi connectivity index (χ0) is 9.84. The first-order valence-electron chi connectivity index (χ1n) is 4.11. The Labute approximate surface area is 83.4 Å². The number of hydrogen-bond donors (Lipinski definition) is 1. The Bertz CT molecular complexity index is 292. The maximum atomic E-state index is 5.90. The van der Waals surface area contributed by atoms with Gasteiger partial charge in [0.05, 0.1) is 0 Å². The molecule has 13 heavy (non-hydrogen) atoms. The van der Waals surface area contributed by atoms with Crippen LogP contribution in [0, 0.1) is 0 Å². The van der Waals surface area contributed by atoms with Gasteiger partial charge in [-0.05, 0) is 25.0 Å². The lowest BCUT2D eigenvalue weighted by atomic mass is 10.0. The molecular formula is C10H13ClN2. The van der Waals surface area contributed by atoms with Crippen molar-refractivity contribution in [3.63, 3.8) is 0 Å². The molecule has 0 aliphatic rings. The van der Waals surface area contributed by atoms with E-state index in [1.54, 1.807) is 12.3 Å². The second-order valence-electron chi connectivity index (χ2n) is 3.18. The normalized spacial score (nSPS) is 12.5. The van der Waals surface area contributed by atoms with Gasteiger partial charge in [0.1, 0.15) is 5.15 Å². The third kappa shape index (κ3) is 3.17. The van der Waals surface area contributed by atoms with Gasteiger partial charge in [-0.2, -0.15) is 0 Å². The number of rotatable bonds is 3. The Balaban J connectivity index is 2.71. The van der Waals surface area contributed by atoms with Crippen molar-refractivity contribution < 1.29 is 0 Å². The van der Waals surface area contributed by atoms with E-state index >= 15 is 0 Å². The molecule has 0 fully saturated rings. The summed E-state index contributed by atoms with van der Waals surface area (Å²) in [6.45, 7) is 5.77. The van der Waals surface area contributed by atoms with E-state index in [2.05, 4.69) is 11.6 Å². The molecule has 0 aliphatic heterocycles. The van der Waals surface area contributed by atoms with Crippen LogP contribution in [-0.4, -0.2) is 4.98 Å². The van der Waals surface area contributed by atoms with Gasteiger partial charge in [-0.1, -0.05) is 23.2 Å². The van der Waals surface area contributed by atoms with Crippen LogP contribution in [0.15, 0.2) is 30.5 Å². The standard InChI is InChI=1S/C10H13ClN2/c1-7(2)5-9(12)8-3-4-10(11)13-6-8/h3-4,6,9H,1,5,12H2,2H3/t9-/m1/s1. The van der Waals surface area contributed by atoms with Crippen LogP contribution in [0.4, 0.5) is 0 Å². The lowest BCUT2D eigenvalue weighted by Gasteiger charge is -2.10. The molecule has 1 atom stereocenters. The van der Waals surface area contributed by atoms with E-state index in [4.69, 9.17) is 17.3 Å². The number of hydrogen-bond acceptors (Lipinski definition) is 2. The fraction of sp³-hybridized carbons (Fsp3) is 0.300. The van der Waals surface area contributed by atoms with Gasteiger partial charge in [0, 0.05) is 12.2 Å². The predicted octanol–water partition coefficient (Wildman–Crippen LogP) is 2.70. The van der Waals surface area contributed by atoms with Crippen molar-refractivity contribution >= 4 is 11.6 Å². The molecule has 0 unspecified atom stereocenters. The monoisotopic (exact) mass is 196 g/mol. The van der Waals surface area contributed by atoms with Gasteiger partial charge < -0.3 is 5.73 Å². The highest BCUT2D eigenvalue weighted by Crippen LogP contribution is 2.17. The van der Waals surface area contributed by atoms with Gasteiger partial charge in [-0.15, -0.1) is 6.58 Å². The number of halogens is 1. The first-order valence-corrected chi connectivity index (χ1v) is 4.49. The van der Waals surface area contributed by atoms with Gasteiger partial charge in [-0.3, -0.25) is 0 Å². The summed E-state index contributed by atoms with van der Waals surface area (Å²) in [6.07, 6.45) is 2.49. The quantitative estimate of drug-likeness (QED) is 0.597. The second kappa shape index (κ2) is 4.40. The lowest BCUT2D eigenvalue weighted by Crippen LogP contribution is -2.10. The number of aromatic nitrogens is 1. The highest BCUT2D eigenvalue weighted by molar-refractivity contribution is 6.29. The first-order chi connectivity index (χ1) is 6.09. The Morgan fingerprint density at radius 3 is 2.85 bits per heavy atom. The van der Waals surface area contributed by atoms with Crippen LogP contribution in [0.5, 0.6) is 0 Å². The van der Waals surface area contributed by atoms with Crippen LogP contribution in [0.25, 0.3) is 0 Å². The maximum absolute atomic E-state index is 5.90. The van der Waals surface area contributed by atoms with E-state index in [-0.39, 0.29) is 6.04 Å². The number of nitrogens with two attached hydrogens (primary N) is 1. The maximum Gasteiger partial charge on any atom is 0.129 e. The summed E-state index contributed by atoms with van der Waals surface area (Å²) in [5, 5.41) is 0.492. The number of pyridine rings is 1. The molecule has 2 N–H and O–H groups in total. The summed E-state index contributed by atoms with van der Waals surface area (Å²) in [5.41, 5.74) is 7.97. The van der Waals surface area contributed by atoms with Crippen LogP contribution in [0.1, 0.15) is 24.9 Å². The fourth-order valence-electron chi connectivity index (χ4n) is 1.10. The highest BCUT2D eigenvalue weighted by atomic mass is 35.5. The zero-order valence-electron chi connectivity index (χ0n) is 7.63. The van der Waals surface area contributed by atoms with E-state index in [0.717, 1.165) is 17.6 Å². The van der Waals surface area contributed by atoms with Crippen molar-refractivity contribution in [2.24, 2.45) is 5.73 Å². The van der Waals surface area contributed by atoms with E-state index in [1.807, 2.05) is 13.0 Å². The Kier molecular flexibility index (Phi) is 3.46. The van der Waals surface area contributed by atoms with E-state index in [0.29, 0.717) is 5.15 Å². The molecular weight excluding hydrogens is 184 g/mol. The molecule has 0 aliphatic carbocycles. The van der Waals surface area contributed by atoms with Crippen molar-refractivity contribution in [3.05, 3.63) is 41.2 Å². The molecule has 0 aromatic carbocycles. The van der Waals surface area contributed by atoms with Crippen LogP contribution in [0.2, 0.25) is 5.15 Å². The lowest BCUT2D eigenvalue weighted by molar-refractivity contribution is 0.713. The topological polar surface area (TPSA) is 38.9 Å².